The van der Waals surface area contributed by atoms with Crippen molar-refractivity contribution in [3.8, 4) is 0 Å². The van der Waals surface area contributed by atoms with Crippen molar-refractivity contribution in [2.75, 3.05) is 31.9 Å². The van der Waals surface area contributed by atoms with E-state index in [2.05, 4.69) is 4.90 Å². The molecule has 0 aliphatic carbocycles. The standard InChI is InChI=1S/C8H18N2O2S/c9-6-8-2-4-10(7-8)3-1-5-13(11)12/h8H,1-7,9H2,(H,11,12). The fourth-order valence-electron chi connectivity index (χ4n) is 1.72. The molecule has 1 heterocycles. The highest BCUT2D eigenvalue weighted by Crippen LogP contribution is 2.14. The average Bonchev–Trinajstić information content (AvgIpc) is 2.52. The Labute approximate surface area is 81.8 Å². The van der Waals surface area contributed by atoms with Gasteiger partial charge in [-0.1, -0.05) is 0 Å². The molecular weight excluding hydrogens is 188 g/mol. The molecule has 1 saturated heterocycles. The van der Waals surface area contributed by atoms with Crippen molar-refractivity contribution in [1.82, 2.24) is 4.90 Å². The number of likely N-dealkylation sites (tertiary alicyclic amines) is 1. The summed E-state index contributed by atoms with van der Waals surface area (Å²) < 4.78 is 18.9. The van der Waals surface area contributed by atoms with Gasteiger partial charge < -0.3 is 15.2 Å². The van der Waals surface area contributed by atoms with Gasteiger partial charge in [0.05, 0.1) is 5.75 Å². The highest BCUT2D eigenvalue weighted by Gasteiger charge is 2.20. The maximum Gasteiger partial charge on any atom is 0.152 e. The largest absolute Gasteiger partial charge is 0.330 e. The van der Waals surface area contributed by atoms with Crippen LogP contribution in [-0.2, 0) is 11.1 Å². The fraction of sp³-hybridized carbons (Fsp3) is 1.00. The first-order valence-electron chi connectivity index (χ1n) is 4.72. The first-order valence-corrected chi connectivity index (χ1v) is 6.00. The second kappa shape index (κ2) is 5.70. The maximum absolute atomic E-state index is 10.4. The normalized spacial score (nSPS) is 26.5. The van der Waals surface area contributed by atoms with Crippen LogP contribution >= 0.6 is 0 Å². The van der Waals surface area contributed by atoms with Crippen molar-refractivity contribution >= 4 is 11.1 Å². The molecule has 3 N–H and O–H groups in total. The molecule has 0 amide bonds. The van der Waals surface area contributed by atoms with Gasteiger partial charge in [0.2, 0.25) is 0 Å². The predicted octanol–water partition coefficient (Wildman–Crippen LogP) is -0.121. The molecule has 1 fully saturated rings. The molecule has 1 aliphatic heterocycles. The third-order valence-electron chi connectivity index (χ3n) is 2.50. The van der Waals surface area contributed by atoms with E-state index in [1.807, 2.05) is 0 Å². The summed E-state index contributed by atoms with van der Waals surface area (Å²) in [5.74, 6) is 1.03. The summed E-state index contributed by atoms with van der Waals surface area (Å²) in [5, 5.41) is 0. The van der Waals surface area contributed by atoms with Gasteiger partial charge in [-0.3, -0.25) is 0 Å². The van der Waals surface area contributed by atoms with Gasteiger partial charge in [0.15, 0.2) is 11.1 Å². The fourth-order valence-corrected chi connectivity index (χ4v) is 2.10. The van der Waals surface area contributed by atoms with Gasteiger partial charge >= 0.3 is 0 Å². The summed E-state index contributed by atoms with van der Waals surface area (Å²) in [6, 6.07) is 0. The lowest BCUT2D eigenvalue weighted by Crippen LogP contribution is -2.25. The van der Waals surface area contributed by atoms with E-state index in [1.165, 1.54) is 6.42 Å². The Morgan fingerprint density at radius 2 is 2.38 bits per heavy atom. The van der Waals surface area contributed by atoms with Crippen LogP contribution in [0.5, 0.6) is 0 Å². The molecule has 0 bridgehead atoms. The third-order valence-corrected chi connectivity index (χ3v) is 3.13. The van der Waals surface area contributed by atoms with Crippen LogP contribution in [0.1, 0.15) is 12.8 Å². The number of nitrogens with two attached hydrogens (primary N) is 1. The summed E-state index contributed by atoms with van der Waals surface area (Å²) in [4.78, 5) is 2.32. The zero-order chi connectivity index (χ0) is 9.68. The molecule has 13 heavy (non-hydrogen) atoms. The molecule has 2 atom stereocenters. The summed E-state index contributed by atoms with van der Waals surface area (Å²) >= 11 is -1.63. The van der Waals surface area contributed by atoms with E-state index in [0.717, 1.165) is 32.6 Å². The molecular formula is C8H18N2O2S. The van der Waals surface area contributed by atoms with E-state index in [0.29, 0.717) is 11.7 Å². The van der Waals surface area contributed by atoms with E-state index in [4.69, 9.17) is 10.3 Å². The molecule has 0 aromatic carbocycles. The molecule has 1 rings (SSSR count). The van der Waals surface area contributed by atoms with Crippen molar-refractivity contribution < 1.29 is 8.76 Å². The lowest BCUT2D eigenvalue weighted by atomic mass is 10.1. The SMILES string of the molecule is NCC1CCN(CCCS(=O)O)C1. The maximum atomic E-state index is 10.4. The predicted molar refractivity (Wildman–Crippen MR) is 53.9 cm³/mol. The van der Waals surface area contributed by atoms with Crippen molar-refractivity contribution in [1.29, 1.82) is 0 Å². The minimum Gasteiger partial charge on any atom is -0.330 e. The van der Waals surface area contributed by atoms with Gasteiger partial charge in [-0.05, 0) is 38.4 Å². The molecule has 0 aromatic heterocycles. The van der Waals surface area contributed by atoms with E-state index in [1.54, 1.807) is 0 Å². The summed E-state index contributed by atoms with van der Waals surface area (Å²) in [5.41, 5.74) is 5.56. The molecule has 0 spiro atoms. The second-order valence-electron chi connectivity index (χ2n) is 3.57. The number of rotatable bonds is 5. The number of hydrogen-bond donors (Lipinski definition) is 2. The van der Waals surface area contributed by atoms with Crippen LogP contribution in [0.3, 0.4) is 0 Å². The van der Waals surface area contributed by atoms with Gasteiger partial charge in [0, 0.05) is 6.54 Å². The van der Waals surface area contributed by atoms with Crippen LogP contribution in [0, 0.1) is 5.92 Å². The molecule has 4 nitrogen and oxygen atoms in total. The van der Waals surface area contributed by atoms with Crippen molar-refractivity contribution in [3.63, 3.8) is 0 Å². The zero-order valence-corrected chi connectivity index (χ0v) is 8.63. The third kappa shape index (κ3) is 4.17. The van der Waals surface area contributed by atoms with E-state index in [-0.39, 0.29) is 0 Å². The van der Waals surface area contributed by atoms with Crippen molar-refractivity contribution in [2.45, 2.75) is 12.8 Å². The molecule has 2 unspecified atom stereocenters. The van der Waals surface area contributed by atoms with Gasteiger partial charge in [-0.2, -0.15) is 0 Å². The molecule has 1 aliphatic rings. The lowest BCUT2D eigenvalue weighted by molar-refractivity contribution is 0.326. The van der Waals surface area contributed by atoms with Crippen LogP contribution in [0.4, 0.5) is 0 Å². The minimum atomic E-state index is -1.63. The monoisotopic (exact) mass is 206 g/mol. The Morgan fingerprint density at radius 3 is 2.92 bits per heavy atom. The van der Waals surface area contributed by atoms with Crippen molar-refractivity contribution in [3.05, 3.63) is 0 Å². The highest BCUT2D eigenvalue weighted by molar-refractivity contribution is 7.79. The quantitative estimate of drug-likeness (QED) is 0.615. The lowest BCUT2D eigenvalue weighted by Gasteiger charge is -2.14. The second-order valence-corrected chi connectivity index (χ2v) is 4.62. The summed E-state index contributed by atoms with van der Waals surface area (Å²) in [6.07, 6.45) is 1.99. The van der Waals surface area contributed by atoms with Crippen LogP contribution < -0.4 is 5.73 Å². The molecule has 0 aromatic rings. The van der Waals surface area contributed by atoms with E-state index in [9.17, 15) is 4.21 Å². The Bertz CT molecular complexity index is 178. The minimum absolute atomic E-state index is 0.393. The van der Waals surface area contributed by atoms with Crippen LogP contribution in [0.15, 0.2) is 0 Å². The first-order chi connectivity index (χ1) is 6.22. The smallest absolute Gasteiger partial charge is 0.152 e. The first kappa shape index (κ1) is 11.1. The van der Waals surface area contributed by atoms with Gasteiger partial charge in [-0.25, -0.2) is 4.21 Å². The van der Waals surface area contributed by atoms with E-state index >= 15 is 0 Å². The van der Waals surface area contributed by atoms with Gasteiger partial charge in [0.25, 0.3) is 0 Å². The molecule has 5 heteroatoms. The van der Waals surface area contributed by atoms with Gasteiger partial charge in [-0.15, -0.1) is 0 Å². The van der Waals surface area contributed by atoms with Crippen LogP contribution in [0.25, 0.3) is 0 Å². The van der Waals surface area contributed by atoms with Crippen LogP contribution in [-0.4, -0.2) is 45.6 Å². The molecule has 78 valence electrons. The summed E-state index contributed by atoms with van der Waals surface area (Å²) in [7, 11) is 0. The zero-order valence-electron chi connectivity index (χ0n) is 7.82. The Morgan fingerprint density at radius 1 is 1.62 bits per heavy atom. The van der Waals surface area contributed by atoms with Crippen LogP contribution in [0.2, 0.25) is 0 Å². The summed E-state index contributed by atoms with van der Waals surface area (Å²) in [6.45, 7) is 3.86. The Balaban J connectivity index is 2.07. The number of hydrogen-bond acceptors (Lipinski definition) is 3. The topological polar surface area (TPSA) is 66.6 Å². The Hall–Kier alpha value is 0.0300. The highest BCUT2D eigenvalue weighted by atomic mass is 32.2. The molecule has 0 saturated carbocycles. The van der Waals surface area contributed by atoms with Gasteiger partial charge in [0.1, 0.15) is 0 Å². The van der Waals surface area contributed by atoms with Crippen molar-refractivity contribution in [2.24, 2.45) is 11.7 Å². The van der Waals surface area contributed by atoms with E-state index < -0.39 is 11.1 Å². The Kier molecular flexibility index (Phi) is 4.87. The molecule has 0 radical (unpaired) electrons. The average molecular weight is 206 g/mol. The number of nitrogens with zero attached hydrogens (tertiary/aromatic N) is 1.